The highest BCUT2D eigenvalue weighted by Crippen LogP contribution is 2.16. The van der Waals surface area contributed by atoms with Crippen molar-refractivity contribution in [3.63, 3.8) is 0 Å². The normalized spacial score (nSPS) is 13.8. The van der Waals surface area contributed by atoms with Crippen LogP contribution < -0.4 is 5.32 Å². The molecule has 1 aromatic rings. The Labute approximate surface area is 133 Å². The van der Waals surface area contributed by atoms with E-state index in [0.717, 1.165) is 5.56 Å². The Bertz CT molecular complexity index is 492. The zero-order chi connectivity index (χ0) is 16.6. The summed E-state index contributed by atoms with van der Waals surface area (Å²) in [5.74, 6) is -0.154. The number of nitrogens with one attached hydrogen (secondary N) is 1. The van der Waals surface area contributed by atoms with E-state index in [1.54, 1.807) is 28.3 Å². The van der Waals surface area contributed by atoms with Crippen molar-refractivity contribution < 1.29 is 18.1 Å². The highest BCUT2D eigenvalue weighted by atomic mass is 28.4. The van der Waals surface area contributed by atoms with Crippen molar-refractivity contribution in [3.05, 3.63) is 41.5 Å². The van der Waals surface area contributed by atoms with Gasteiger partial charge in [-0.05, 0) is 25.0 Å². The van der Waals surface area contributed by atoms with Gasteiger partial charge >= 0.3 is 8.80 Å². The van der Waals surface area contributed by atoms with Gasteiger partial charge in [-0.15, -0.1) is 0 Å². The number of carbonyl (C=O) groups excluding carboxylic acids is 1. The van der Waals surface area contributed by atoms with E-state index in [1.165, 1.54) is 0 Å². The average Bonchev–Trinajstić information content (AvgIpc) is 2.56. The summed E-state index contributed by atoms with van der Waals surface area (Å²) in [7, 11) is 1.72. The molecule has 1 rings (SSSR count). The van der Waals surface area contributed by atoms with E-state index in [9.17, 15) is 4.79 Å². The molecule has 0 spiro atoms. The number of benzene rings is 1. The Morgan fingerprint density at radius 3 is 2.18 bits per heavy atom. The Balaban J connectivity index is 2.87. The predicted octanol–water partition coefficient (Wildman–Crippen LogP) is 2.40. The van der Waals surface area contributed by atoms with Gasteiger partial charge in [0.15, 0.2) is 0 Å². The summed E-state index contributed by atoms with van der Waals surface area (Å²) < 4.78 is 16.3. The van der Waals surface area contributed by atoms with Crippen LogP contribution >= 0.6 is 0 Å². The van der Waals surface area contributed by atoms with Crippen LogP contribution in [0.2, 0.25) is 0 Å². The van der Waals surface area contributed by atoms with Crippen LogP contribution in [0.4, 0.5) is 0 Å². The number of amides is 1. The Morgan fingerprint density at radius 2 is 1.73 bits per heavy atom. The van der Waals surface area contributed by atoms with Crippen molar-refractivity contribution in [3.8, 4) is 0 Å². The fourth-order valence-corrected chi connectivity index (χ4v) is 4.42. The molecule has 0 heterocycles. The lowest BCUT2D eigenvalue weighted by atomic mass is 10.1. The third kappa shape index (κ3) is 4.51. The summed E-state index contributed by atoms with van der Waals surface area (Å²) in [4.78, 5) is 12.4. The molecule has 0 fully saturated rings. The summed E-state index contributed by atoms with van der Waals surface area (Å²) >= 11 is 0. The number of hydrogen-bond donors (Lipinski definition) is 1. The monoisotopic (exact) mass is 323 g/mol. The van der Waals surface area contributed by atoms with Crippen molar-refractivity contribution in [1.82, 2.24) is 5.32 Å². The van der Waals surface area contributed by atoms with E-state index in [2.05, 4.69) is 5.32 Å². The Kier molecular flexibility index (Phi) is 7.47. The van der Waals surface area contributed by atoms with E-state index in [1.807, 2.05) is 43.3 Å². The van der Waals surface area contributed by atoms with Gasteiger partial charge in [0.1, 0.15) is 0 Å². The van der Waals surface area contributed by atoms with Crippen molar-refractivity contribution in [2.75, 3.05) is 21.3 Å². The molecular formula is C16H25NO4Si. The first-order valence-corrected chi connectivity index (χ1v) is 9.02. The molecule has 0 radical (unpaired) electrons. The van der Waals surface area contributed by atoms with Gasteiger partial charge in [0.05, 0.1) is 5.67 Å². The van der Waals surface area contributed by atoms with Crippen molar-refractivity contribution >= 4 is 20.8 Å². The smallest absolute Gasteiger partial charge is 0.376 e. The van der Waals surface area contributed by atoms with E-state index >= 15 is 0 Å². The standard InChI is InChI=1S/C16H25NO4Si/c1-6-15(22(19-3,20-4)21-5)17-16(18)13(2)12-14-10-8-7-9-11-14/h7-12,15H,6H2,1-5H3,(H,17,18)/b13-12+. The van der Waals surface area contributed by atoms with Crippen LogP contribution in [0.5, 0.6) is 0 Å². The summed E-state index contributed by atoms with van der Waals surface area (Å²) in [5.41, 5.74) is 1.31. The molecule has 1 amide bonds. The maximum atomic E-state index is 12.4. The maximum absolute atomic E-state index is 12.4. The summed E-state index contributed by atoms with van der Waals surface area (Å²) in [6, 6.07) is 9.71. The molecule has 1 unspecified atom stereocenters. The first kappa shape index (κ1) is 18.6. The number of hydrogen-bond acceptors (Lipinski definition) is 4. The van der Waals surface area contributed by atoms with E-state index in [-0.39, 0.29) is 11.6 Å². The molecule has 1 aromatic carbocycles. The highest BCUT2D eigenvalue weighted by Gasteiger charge is 2.47. The lowest BCUT2D eigenvalue weighted by Gasteiger charge is -2.32. The number of carbonyl (C=O) groups is 1. The minimum atomic E-state index is -2.91. The van der Waals surface area contributed by atoms with Crippen LogP contribution in [-0.2, 0) is 18.1 Å². The maximum Gasteiger partial charge on any atom is 0.523 e. The second-order valence-electron chi connectivity index (χ2n) is 4.89. The third-order valence-corrected chi connectivity index (χ3v) is 6.65. The van der Waals surface area contributed by atoms with Crippen LogP contribution in [0.25, 0.3) is 6.08 Å². The molecule has 5 nitrogen and oxygen atoms in total. The topological polar surface area (TPSA) is 56.8 Å². The van der Waals surface area contributed by atoms with Gasteiger partial charge in [-0.2, -0.15) is 0 Å². The second-order valence-corrected chi connectivity index (χ2v) is 8.02. The van der Waals surface area contributed by atoms with Gasteiger partial charge in [0.25, 0.3) is 0 Å². The fourth-order valence-electron chi connectivity index (χ4n) is 2.25. The quantitative estimate of drug-likeness (QED) is 0.589. The molecular weight excluding hydrogens is 298 g/mol. The SMILES string of the molecule is CCC(NC(=O)/C(C)=C/c1ccccc1)[Si](OC)(OC)OC. The molecule has 0 aliphatic rings. The zero-order valence-electron chi connectivity index (χ0n) is 13.9. The molecule has 122 valence electrons. The van der Waals surface area contributed by atoms with Crippen molar-refractivity contribution in [2.24, 2.45) is 0 Å². The molecule has 0 saturated carbocycles. The first-order chi connectivity index (χ1) is 10.5. The molecule has 0 aliphatic heterocycles. The predicted molar refractivity (Wildman–Crippen MR) is 89.1 cm³/mol. The molecule has 0 bridgehead atoms. The zero-order valence-corrected chi connectivity index (χ0v) is 14.9. The van der Waals surface area contributed by atoms with E-state index < -0.39 is 8.80 Å². The lowest BCUT2D eigenvalue weighted by molar-refractivity contribution is -0.118. The van der Waals surface area contributed by atoms with Crippen LogP contribution in [0.3, 0.4) is 0 Å². The number of rotatable bonds is 8. The highest BCUT2D eigenvalue weighted by molar-refractivity contribution is 6.62. The van der Waals surface area contributed by atoms with Gasteiger partial charge in [-0.1, -0.05) is 37.3 Å². The summed E-state index contributed by atoms with van der Waals surface area (Å²) in [6.45, 7) is 3.74. The van der Waals surface area contributed by atoms with Crippen molar-refractivity contribution in [1.29, 1.82) is 0 Å². The molecule has 0 saturated heterocycles. The minimum absolute atomic E-state index is 0.154. The van der Waals surface area contributed by atoms with E-state index in [4.69, 9.17) is 13.3 Å². The second kappa shape index (κ2) is 8.85. The van der Waals surface area contributed by atoms with Gasteiger partial charge in [0.2, 0.25) is 5.91 Å². The fraction of sp³-hybridized carbons (Fsp3) is 0.438. The van der Waals surface area contributed by atoms with Crippen LogP contribution in [-0.4, -0.2) is 41.7 Å². The van der Waals surface area contributed by atoms with Gasteiger partial charge in [0, 0.05) is 26.9 Å². The van der Waals surface area contributed by atoms with Crippen LogP contribution in [0, 0.1) is 0 Å². The van der Waals surface area contributed by atoms with Gasteiger partial charge < -0.3 is 18.6 Å². The van der Waals surface area contributed by atoms with Crippen LogP contribution in [0.1, 0.15) is 25.8 Å². The molecule has 6 heteroatoms. The first-order valence-electron chi connectivity index (χ1n) is 7.22. The Hall–Kier alpha value is -1.47. The van der Waals surface area contributed by atoms with Crippen LogP contribution in [0.15, 0.2) is 35.9 Å². The van der Waals surface area contributed by atoms with Gasteiger partial charge in [-0.25, -0.2) is 0 Å². The molecule has 1 atom stereocenters. The van der Waals surface area contributed by atoms with Crippen molar-refractivity contribution in [2.45, 2.75) is 25.9 Å². The average molecular weight is 323 g/mol. The van der Waals surface area contributed by atoms with Gasteiger partial charge in [-0.3, -0.25) is 4.79 Å². The molecule has 0 aromatic heterocycles. The Morgan fingerprint density at radius 1 is 1.18 bits per heavy atom. The summed E-state index contributed by atoms with van der Waals surface area (Å²) in [5, 5.41) is 2.96. The third-order valence-electron chi connectivity index (χ3n) is 3.53. The lowest BCUT2D eigenvalue weighted by Crippen LogP contribution is -2.61. The molecule has 1 N–H and O–H groups in total. The molecule has 0 aliphatic carbocycles. The minimum Gasteiger partial charge on any atom is -0.376 e. The van der Waals surface area contributed by atoms with E-state index in [0.29, 0.717) is 12.0 Å². The summed E-state index contributed by atoms with van der Waals surface area (Å²) in [6.07, 6.45) is 2.50. The largest absolute Gasteiger partial charge is 0.523 e. The molecule has 22 heavy (non-hydrogen) atoms.